The smallest absolute Gasteiger partial charge is 0.255 e. The number of halogens is 1. The summed E-state index contributed by atoms with van der Waals surface area (Å²) in [5, 5.41) is 8.75. The fourth-order valence-electron chi connectivity index (χ4n) is 2.32. The summed E-state index contributed by atoms with van der Waals surface area (Å²) < 4.78 is 18.9. The van der Waals surface area contributed by atoms with Crippen molar-refractivity contribution in [3.63, 3.8) is 0 Å². The van der Waals surface area contributed by atoms with E-state index in [-0.39, 0.29) is 24.2 Å². The Bertz CT molecular complexity index is 571. The van der Waals surface area contributed by atoms with Crippen molar-refractivity contribution in [3.05, 3.63) is 35.1 Å². The van der Waals surface area contributed by atoms with Crippen LogP contribution >= 0.6 is 0 Å². The minimum absolute atomic E-state index is 0.0412. The molecule has 1 atom stereocenters. The second kappa shape index (κ2) is 7.21. The van der Waals surface area contributed by atoms with Gasteiger partial charge in [0.05, 0.1) is 11.7 Å². The summed E-state index contributed by atoms with van der Waals surface area (Å²) in [6.07, 6.45) is 1.97. The molecule has 1 aliphatic heterocycles. The number of likely N-dealkylation sites (N-methyl/N-ethyl adjacent to an activating group) is 1. The van der Waals surface area contributed by atoms with Gasteiger partial charge in [-0.05, 0) is 31.0 Å². The van der Waals surface area contributed by atoms with Crippen molar-refractivity contribution in [1.82, 2.24) is 4.90 Å². The minimum atomic E-state index is -0.488. The Hall–Kier alpha value is -1.90. The average Bonchev–Trinajstić information content (AvgIpc) is 2.98. The number of carbonyl (C=O) groups excluding carboxylic acids is 1. The third kappa shape index (κ3) is 4.03. The lowest BCUT2D eigenvalue weighted by Crippen LogP contribution is -2.34. The second-order valence-corrected chi connectivity index (χ2v) is 4.97. The summed E-state index contributed by atoms with van der Waals surface area (Å²) in [5.74, 6) is 4.37. The van der Waals surface area contributed by atoms with Gasteiger partial charge in [-0.2, -0.15) is 0 Å². The number of rotatable bonds is 3. The molecule has 1 unspecified atom stereocenters. The van der Waals surface area contributed by atoms with E-state index in [1.54, 1.807) is 7.05 Å². The first-order valence-corrected chi connectivity index (χ1v) is 6.88. The summed E-state index contributed by atoms with van der Waals surface area (Å²) in [6, 6.07) is 3.87. The van der Waals surface area contributed by atoms with E-state index >= 15 is 0 Å². The van der Waals surface area contributed by atoms with Gasteiger partial charge in [0.25, 0.3) is 5.91 Å². The molecule has 0 bridgehead atoms. The molecule has 1 fully saturated rings. The second-order valence-electron chi connectivity index (χ2n) is 4.97. The van der Waals surface area contributed by atoms with E-state index in [0.29, 0.717) is 12.1 Å². The van der Waals surface area contributed by atoms with Gasteiger partial charge in [-0.3, -0.25) is 4.79 Å². The first-order chi connectivity index (χ1) is 10.1. The van der Waals surface area contributed by atoms with Crippen molar-refractivity contribution >= 4 is 5.91 Å². The molecule has 1 aliphatic rings. The van der Waals surface area contributed by atoms with Crippen LogP contribution in [0.1, 0.15) is 28.8 Å². The van der Waals surface area contributed by atoms with Crippen LogP contribution in [0.15, 0.2) is 18.2 Å². The lowest BCUT2D eigenvalue weighted by molar-refractivity contribution is 0.0586. The predicted octanol–water partition coefficient (Wildman–Crippen LogP) is 1.42. The Labute approximate surface area is 123 Å². The van der Waals surface area contributed by atoms with E-state index in [0.717, 1.165) is 19.4 Å². The van der Waals surface area contributed by atoms with E-state index in [9.17, 15) is 9.18 Å². The number of aliphatic hydroxyl groups is 1. The zero-order chi connectivity index (χ0) is 15.2. The van der Waals surface area contributed by atoms with Crippen molar-refractivity contribution in [1.29, 1.82) is 0 Å². The highest BCUT2D eigenvalue weighted by Gasteiger charge is 2.22. The maximum Gasteiger partial charge on any atom is 0.255 e. The highest BCUT2D eigenvalue weighted by Crippen LogP contribution is 2.16. The molecule has 0 spiro atoms. The first-order valence-electron chi connectivity index (χ1n) is 6.88. The molecule has 5 heteroatoms. The summed E-state index contributed by atoms with van der Waals surface area (Å²) in [5.41, 5.74) is 0.617. The van der Waals surface area contributed by atoms with Crippen LogP contribution in [-0.2, 0) is 4.74 Å². The molecule has 0 radical (unpaired) electrons. The maximum absolute atomic E-state index is 13.4. The van der Waals surface area contributed by atoms with Crippen molar-refractivity contribution in [2.24, 2.45) is 0 Å². The van der Waals surface area contributed by atoms with Crippen LogP contribution in [-0.4, -0.2) is 48.8 Å². The van der Waals surface area contributed by atoms with Crippen LogP contribution in [0.25, 0.3) is 0 Å². The number of hydrogen-bond acceptors (Lipinski definition) is 3. The lowest BCUT2D eigenvalue weighted by atomic mass is 10.1. The van der Waals surface area contributed by atoms with Gasteiger partial charge >= 0.3 is 0 Å². The Morgan fingerprint density at radius 3 is 3.05 bits per heavy atom. The molecule has 0 saturated carbocycles. The number of benzene rings is 1. The van der Waals surface area contributed by atoms with Gasteiger partial charge < -0.3 is 14.7 Å². The standard InChI is InChI=1S/C16H18FNO3/c1-18(11-14-5-3-9-21-14)16(20)15-10-13(17)7-6-12(15)4-2-8-19/h6-7,10,14,19H,3,5,8-9,11H2,1H3. The van der Waals surface area contributed by atoms with Gasteiger partial charge in [-0.15, -0.1) is 0 Å². The fraction of sp³-hybridized carbons (Fsp3) is 0.438. The average molecular weight is 291 g/mol. The van der Waals surface area contributed by atoms with Gasteiger partial charge in [-0.1, -0.05) is 11.8 Å². The number of nitrogens with zero attached hydrogens (tertiary/aromatic N) is 1. The van der Waals surface area contributed by atoms with Crippen LogP contribution in [0.2, 0.25) is 0 Å². The Kier molecular flexibility index (Phi) is 5.32. The number of amides is 1. The molecule has 4 nitrogen and oxygen atoms in total. The third-order valence-electron chi connectivity index (χ3n) is 3.36. The van der Waals surface area contributed by atoms with Gasteiger partial charge in [0.15, 0.2) is 0 Å². The zero-order valence-corrected chi connectivity index (χ0v) is 11.9. The van der Waals surface area contributed by atoms with Crippen LogP contribution in [0, 0.1) is 17.7 Å². The molecular formula is C16H18FNO3. The predicted molar refractivity (Wildman–Crippen MR) is 76.3 cm³/mol. The number of aliphatic hydroxyl groups excluding tert-OH is 1. The topological polar surface area (TPSA) is 49.8 Å². The molecule has 1 saturated heterocycles. The summed E-state index contributed by atoms with van der Waals surface area (Å²) in [4.78, 5) is 14.0. The SMILES string of the molecule is CN(CC1CCCO1)C(=O)c1cc(F)ccc1C#CCO. The lowest BCUT2D eigenvalue weighted by Gasteiger charge is -2.21. The Morgan fingerprint density at radius 1 is 1.57 bits per heavy atom. The van der Waals surface area contributed by atoms with Crippen LogP contribution < -0.4 is 0 Å². The number of ether oxygens (including phenoxy) is 1. The minimum Gasteiger partial charge on any atom is -0.384 e. The van der Waals surface area contributed by atoms with Gasteiger partial charge in [-0.25, -0.2) is 4.39 Å². The normalized spacial score (nSPS) is 17.2. The van der Waals surface area contributed by atoms with E-state index in [2.05, 4.69) is 11.8 Å². The van der Waals surface area contributed by atoms with E-state index < -0.39 is 5.82 Å². The van der Waals surface area contributed by atoms with Gasteiger partial charge in [0, 0.05) is 25.8 Å². The van der Waals surface area contributed by atoms with Crippen molar-refractivity contribution in [3.8, 4) is 11.8 Å². The van der Waals surface area contributed by atoms with Gasteiger partial charge in [0.2, 0.25) is 0 Å². The van der Waals surface area contributed by atoms with E-state index in [1.165, 1.54) is 23.1 Å². The van der Waals surface area contributed by atoms with Crippen molar-refractivity contribution < 1.29 is 19.0 Å². The third-order valence-corrected chi connectivity index (χ3v) is 3.36. The molecule has 21 heavy (non-hydrogen) atoms. The van der Waals surface area contributed by atoms with Crippen LogP contribution in [0.4, 0.5) is 4.39 Å². The number of carbonyl (C=O) groups is 1. The maximum atomic E-state index is 13.4. The highest BCUT2D eigenvalue weighted by molar-refractivity contribution is 5.96. The Balaban J connectivity index is 2.18. The monoisotopic (exact) mass is 291 g/mol. The number of hydrogen-bond donors (Lipinski definition) is 1. The van der Waals surface area contributed by atoms with E-state index in [1.807, 2.05) is 0 Å². The Morgan fingerprint density at radius 2 is 2.38 bits per heavy atom. The van der Waals surface area contributed by atoms with Crippen molar-refractivity contribution in [2.75, 3.05) is 26.8 Å². The molecule has 1 amide bonds. The molecule has 0 aromatic heterocycles. The quantitative estimate of drug-likeness (QED) is 0.857. The van der Waals surface area contributed by atoms with Crippen LogP contribution in [0.5, 0.6) is 0 Å². The summed E-state index contributed by atoms with van der Waals surface area (Å²) in [6.45, 7) is 0.888. The first kappa shape index (κ1) is 15.5. The molecule has 0 aliphatic carbocycles. The molecule has 1 aromatic carbocycles. The zero-order valence-electron chi connectivity index (χ0n) is 11.9. The molecule has 112 valence electrons. The largest absolute Gasteiger partial charge is 0.384 e. The summed E-state index contributed by atoms with van der Waals surface area (Å²) in [7, 11) is 1.66. The molecule has 2 rings (SSSR count). The molecule has 1 aromatic rings. The molecule has 1 N–H and O–H groups in total. The molecular weight excluding hydrogens is 273 g/mol. The van der Waals surface area contributed by atoms with Crippen molar-refractivity contribution in [2.45, 2.75) is 18.9 Å². The van der Waals surface area contributed by atoms with Crippen LogP contribution in [0.3, 0.4) is 0 Å². The summed E-state index contributed by atoms with van der Waals surface area (Å²) >= 11 is 0. The highest BCUT2D eigenvalue weighted by atomic mass is 19.1. The van der Waals surface area contributed by atoms with Gasteiger partial charge in [0.1, 0.15) is 12.4 Å². The van der Waals surface area contributed by atoms with E-state index in [4.69, 9.17) is 9.84 Å². The molecule has 1 heterocycles. The fourth-order valence-corrected chi connectivity index (χ4v) is 2.32.